The van der Waals surface area contributed by atoms with E-state index in [-0.39, 0.29) is 19.5 Å². The number of aryl methyl sites for hydroxylation is 1. The maximum absolute atomic E-state index is 15.2. The first-order valence-corrected chi connectivity index (χ1v) is 12.0. The van der Waals surface area contributed by atoms with Crippen LogP contribution in [0, 0.1) is 23.3 Å². The summed E-state index contributed by atoms with van der Waals surface area (Å²) in [4.78, 5) is 36.7. The van der Waals surface area contributed by atoms with Gasteiger partial charge in [-0.2, -0.15) is 0 Å². The smallest absolute Gasteiger partial charge is 0.311 e. The van der Waals surface area contributed by atoms with Gasteiger partial charge in [-0.3, -0.25) is 14.4 Å². The number of benzene rings is 1. The topological polar surface area (TPSA) is 130 Å². The van der Waals surface area contributed by atoms with Crippen molar-refractivity contribution in [3.8, 4) is 0 Å². The molecular formula is C21H23F4N5O5S. The van der Waals surface area contributed by atoms with Gasteiger partial charge in [-0.25, -0.2) is 30.7 Å². The summed E-state index contributed by atoms with van der Waals surface area (Å²) in [6.45, 7) is 1.54. The molecule has 0 saturated carbocycles. The van der Waals surface area contributed by atoms with E-state index in [4.69, 9.17) is 0 Å². The second-order valence-electron chi connectivity index (χ2n) is 8.55. The number of carbonyl (C=O) groups excluding carboxylic acids is 3. The zero-order chi connectivity index (χ0) is 27.0. The van der Waals surface area contributed by atoms with E-state index in [9.17, 15) is 36.0 Å². The molecule has 0 spiro atoms. The molecule has 3 amide bonds. The number of likely N-dealkylation sites (tertiary alicyclic amines) is 1. The number of hydrogen-bond donors (Lipinski definition) is 3. The molecular weight excluding hydrogens is 510 g/mol. The summed E-state index contributed by atoms with van der Waals surface area (Å²) in [7, 11) is -2.13. The van der Waals surface area contributed by atoms with Crippen LogP contribution in [0.5, 0.6) is 0 Å². The van der Waals surface area contributed by atoms with E-state index in [0.717, 1.165) is 10.8 Å². The third-order valence-electron chi connectivity index (χ3n) is 5.62. The summed E-state index contributed by atoms with van der Waals surface area (Å²) in [6.07, 6.45) is 1.46. The highest BCUT2D eigenvalue weighted by Gasteiger charge is 2.40. The molecule has 15 heteroatoms. The molecule has 36 heavy (non-hydrogen) atoms. The summed E-state index contributed by atoms with van der Waals surface area (Å²) in [5.41, 5.74) is -2.55. The molecule has 1 aromatic heterocycles. The van der Waals surface area contributed by atoms with Crippen LogP contribution < -0.4 is 15.4 Å². The number of sulfonamides is 1. The van der Waals surface area contributed by atoms with Crippen LogP contribution in [0.3, 0.4) is 0 Å². The maximum Gasteiger partial charge on any atom is 0.311 e. The number of halogens is 4. The van der Waals surface area contributed by atoms with E-state index in [1.165, 1.54) is 25.9 Å². The Morgan fingerprint density at radius 2 is 1.67 bits per heavy atom. The summed E-state index contributed by atoms with van der Waals surface area (Å²) < 4.78 is 84.5. The molecule has 3 N–H and O–H groups in total. The zero-order valence-corrected chi connectivity index (χ0v) is 20.2. The first kappa shape index (κ1) is 27.1. The summed E-state index contributed by atoms with van der Waals surface area (Å²) >= 11 is 0. The van der Waals surface area contributed by atoms with E-state index in [1.54, 1.807) is 0 Å². The van der Waals surface area contributed by atoms with Gasteiger partial charge >= 0.3 is 11.8 Å². The largest absolute Gasteiger partial charge is 0.351 e. The molecule has 0 aliphatic carbocycles. The number of hydrogen-bond acceptors (Lipinski definition) is 5. The predicted molar refractivity (Wildman–Crippen MR) is 118 cm³/mol. The molecule has 196 valence electrons. The minimum atomic E-state index is -4.58. The van der Waals surface area contributed by atoms with Crippen molar-refractivity contribution in [3.05, 3.63) is 47.3 Å². The second kappa shape index (κ2) is 9.89. The van der Waals surface area contributed by atoms with Gasteiger partial charge in [0, 0.05) is 56.7 Å². The zero-order valence-electron chi connectivity index (χ0n) is 19.4. The minimum Gasteiger partial charge on any atom is -0.351 e. The van der Waals surface area contributed by atoms with Crippen molar-refractivity contribution in [2.75, 3.05) is 25.5 Å². The van der Waals surface area contributed by atoms with Crippen molar-refractivity contribution >= 4 is 33.4 Å². The van der Waals surface area contributed by atoms with Gasteiger partial charge < -0.3 is 20.1 Å². The van der Waals surface area contributed by atoms with Crippen molar-refractivity contribution in [2.24, 2.45) is 7.05 Å². The third-order valence-corrected chi connectivity index (χ3v) is 7.25. The number of nitrogens with one attached hydrogen (secondary N) is 3. The van der Waals surface area contributed by atoms with E-state index in [1.807, 2.05) is 5.32 Å². The SMILES string of the molecule is CNC(=O)C(=O)N1CCCC(C)(NS(=O)(=O)c2cn(C)c(C(=O)Nc3cc(F)c(F)c(F)c3)c2F)C1. The Bertz CT molecular complexity index is 1320. The van der Waals surface area contributed by atoms with Gasteiger partial charge in [0.25, 0.3) is 5.91 Å². The Morgan fingerprint density at radius 3 is 2.25 bits per heavy atom. The Hall–Kier alpha value is -3.46. The van der Waals surface area contributed by atoms with Gasteiger partial charge in [-0.05, 0) is 19.8 Å². The summed E-state index contributed by atoms with van der Waals surface area (Å²) in [5, 5.41) is 4.19. The van der Waals surface area contributed by atoms with E-state index in [0.29, 0.717) is 18.6 Å². The highest BCUT2D eigenvalue weighted by Crippen LogP contribution is 2.27. The average Bonchev–Trinajstić information content (AvgIpc) is 3.10. The lowest BCUT2D eigenvalue weighted by molar-refractivity contribution is -0.147. The Balaban J connectivity index is 1.85. The van der Waals surface area contributed by atoms with Crippen LogP contribution in [0.15, 0.2) is 23.2 Å². The normalized spacial score (nSPS) is 18.1. The van der Waals surface area contributed by atoms with Gasteiger partial charge in [-0.1, -0.05) is 0 Å². The minimum absolute atomic E-state index is 0.165. The van der Waals surface area contributed by atoms with Crippen LogP contribution in [-0.4, -0.2) is 61.3 Å². The highest BCUT2D eigenvalue weighted by atomic mass is 32.2. The fraction of sp³-hybridized carbons (Fsp3) is 0.381. The third kappa shape index (κ3) is 5.36. The molecule has 1 aromatic carbocycles. The van der Waals surface area contributed by atoms with Crippen LogP contribution in [0.25, 0.3) is 0 Å². The van der Waals surface area contributed by atoms with Crippen molar-refractivity contribution in [2.45, 2.75) is 30.2 Å². The maximum atomic E-state index is 15.2. The van der Waals surface area contributed by atoms with Crippen LogP contribution >= 0.6 is 0 Å². The number of carbonyl (C=O) groups is 3. The van der Waals surface area contributed by atoms with Crippen molar-refractivity contribution in [1.29, 1.82) is 0 Å². The summed E-state index contributed by atoms with van der Waals surface area (Å²) in [6, 6.07) is 0.957. The first-order valence-electron chi connectivity index (χ1n) is 10.5. The lowest BCUT2D eigenvalue weighted by Crippen LogP contribution is -2.59. The summed E-state index contributed by atoms with van der Waals surface area (Å²) in [5.74, 6) is -9.33. The standard InChI is InChI=1S/C21H23F4N5O5S/c1-21(5-4-6-30(10-21)20(33)19(32)26-2)28-36(34,35)14-9-29(3)17(16(14)25)18(31)27-11-7-12(22)15(24)13(23)8-11/h7-9,28H,4-6,10H2,1-3H3,(H,26,32)(H,27,31). The number of anilines is 1. The molecule has 1 aliphatic heterocycles. The fourth-order valence-corrected chi connectivity index (χ4v) is 5.51. The fourth-order valence-electron chi connectivity index (χ4n) is 3.96. The molecule has 0 bridgehead atoms. The Labute approximate surface area is 203 Å². The highest BCUT2D eigenvalue weighted by molar-refractivity contribution is 7.89. The van der Waals surface area contributed by atoms with Gasteiger partial charge in [-0.15, -0.1) is 0 Å². The van der Waals surface area contributed by atoms with Crippen LogP contribution in [-0.2, 0) is 26.7 Å². The van der Waals surface area contributed by atoms with Gasteiger partial charge in [0.05, 0.1) is 0 Å². The van der Waals surface area contributed by atoms with Gasteiger partial charge in [0.15, 0.2) is 23.3 Å². The quantitative estimate of drug-likeness (QED) is 0.303. The molecule has 1 unspecified atom stereocenters. The van der Waals surface area contributed by atoms with E-state index >= 15 is 4.39 Å². The molecule has 1 fully saturated rings. The Morgan fingerprint density at radius 1 is 1.06 bits per heavy atom. The number of amides is 3. The lowest BCUT2D eigenvalue weighted by Gasteiger charge is -2.40. The van der Waals surface area contributed by atoms with Crippen LogP contribution in [0.1, 0.15) is 30.3 Å². The van der Waals surface area contributed by atoms with Gasteiger partial charge in [0.2, 0.25) is 10.0 Å². The molecule has 10 nitrogen and oxygen atoms in total. The number of piperidine rings is 1. The molecule has 2 aromatic rings. The van der Waals surface area contributed by atoms with Crippen LogP contribution in [0.4, 0.5) is 23.2 Å². The number of nitrogens with zero attached hydrogens (tertiary/aromatic N) is 2. The predicted octanol–water partition coefficient (Wildman–Crippen LogP) is 1.24. The molecule has 0 radical (unpaired) electrons. The first-order chi connectivity index (χ1) is 16.7. The molecule has 1 aliphatic rings. The van der Waals surface area contributed by atoms with Crippen molar-refractivity contribution in [1.82, 2.24) is 19.5 Å². The lowest BCUT2D eigenvalue weighted by atomic mass is 9.92. The van der Waals surface area contributed by atoms with Crippen molar-refractivity contribution in [3.63, 3.8) is 0 Å². The molecule has 2 heterocycles. The Kier molecular flexibility index (Phi) is 7.45. The molecule has 1 atom stereocenters. The second-order valence-corrected chi connectivity index (χ2v) is 10.2. The number of aromatic nitrogens is 1. The molecule has 3 rings (SSSR count). The van der Waals surface area contributed by atoms with Crippen LogP contribution in [0.2, 0.25) is 0 Å². The number of rotatable bonds is 5. The average molecular weight is 534 g/mol. The number of likely N-dealkylation sites (N-methyl/N-ethyl adjacent to an activating group) is 1. The molecule has 1 saturated heterocycles. The van der Waals surface area contributed by atoms with Crippen molar-refractivity contribution < 1.29 is 40.4 Å². The van der Waals surface area contributed by atoms with Gasteiger partial charge in [0.1, 0.15) is 10.6 Å². The monoisotopic (exact) mass is 533 g/mol. The van der Waals surface area contributed by atoms with E-state index < -0.39 is 72.8 Å². The van der Waals surface area contributed by atoms with E-state index in [2.05, 4.69) is 10.0 Å².